The van der Waals surface area contributed by atoms with Crippen LogP contribution in [0.25, 0.3) is 10.9 Å². The number of ether oxygens (including phenoxy) is 1. The molecule has 3 amide bonds. The highest BCUT2D eigenvalue weighted by Crippen LogP contribution is 2.33. The molecule has 1 fully saturated rings. The lowest BCUT2D eigenvalue weighted by Gasteiger charge is -2.34. The quantitative estimate of drug-likeness (QED) is 0.153. The minimum atomic E-state index is -0.952. The molecule has 12 heteroatoms. The number of nitrogens with zero attached hydrogens (tertiary/aromatic N) is 3. The number of phenolic OH excluding ortho intramolecular Hbond substituents is 1. The predicted molar refractivity (Wildman–Crippen MR) is 129 cm³/mol. The lowest BCUT2D eigenvalue weighted by atomic mass is 9.98. The van der Waals surface area contributed by atoms with Crippen LogP contribution in [0.5, 0.6) is 5.75 Å². The highest BCUT2D eigenvalue weighted by atomic mass is 19.1. The van der Waals surface area contributed by atoms with Crippen molar-refractivity contribution in [2.75, 3.05) is 33.3 Å². The number of amides is 3. The SMILES string of the molecule is COC(=O)c1cc(C(=O)N2CCN(C(=O)C(=O)NN)CC2)c2cc(Cc3ccc(F)cc3)cnc2c1O. The first kappa shape index (κ1) is 25.5. The van der Waals surface area contributed by atoms with Crippen molar-refractivity contribution in [2.45, 2.75) is 6.42 Å². The molecule has 1 aliphatic rings. The molecule has 2 aromatic carbocycles. The second-order valence-corrected chi connectivity index (χ2v) is 8.41. The molecule has 3 aromatic rings. The number of methoxy groups -OCH3 is 1. The van der Waals surface area contributed by atoms with Crippen LogP contribution < -0.4 is 11.3 Å². The third kappa shape index (κ3) is 5.19. The molecule has 1 saturated heterocycles. The summed E-state index contributed by atoms with van der Waals surface area (Å²) in [7, 11) is 1.15. The standard InChI is InChI=1S/C25H24FN5O6/c1-37-25(36)19-12-18(23(34)30-6-8-31(9-7-30)24(35)22(33)29-27)17-11-15(13-28-20(17)21(19)32)10-14-2-4-16(26)5-3-14/h2-5,11-13,32H,6-10,27H2,1H3,(H,29,33). The Morgan fingerprint density at radius 2 is 1.68 bits per heavy atom. The molecule has 4 rings (SSSR count). The van der Waals surface area contributed by atoms with E-state index in [0.717, 1.165) is 12.7 Å². The fourth-order valence-corrected chi connectivity index (χ4v) is 4.19. The number of esters is 1. The highest BCUT2D eigenvalue weighted by molar-refractivity contribution is 6.34. The zero-order valence-corrected chi connectivity index (χ0v) is 19.9. The lowest BCUT2D eigenvalue weighted by molar-refractivity contribution is -0.146. The van der Waals surface area contributed by atoms with Crippen LogP contribution in [0.3, 0.4) is 0 Å². The number of nitrogens with one attached hydrogen (secondary N) is 1. The van der Waals surface area contributed by atoms with Crippen LogP contribution in [0.15, 0.2) is 42.6 Å². The molecule has 0 saturated carbocycles. The van der Waals surface area contributed by atoms with Gasteiger partial charge in [-0.15, -0.1) is 0 Å². The fraction of sp³-hybridized carbons (Fsp3) is 0.240. The Labute approximate surface area is 210 Å². The number of phenols is 1. The van der Waals surface area contributed by atoms with Crippen molar-refractivity contribution in [2.24, 2.45) is 5.84 Å². The molecular weight excluding hydrogens is 485 g/mol. The second kappa shape index (κ2) is 10.6. The molecule has 4 N–H and O–H groups in total. The van der Waals surface area contributed by atoms with Crippen molar-refractivity contribution >= 4 is 34.6 Å². The third-order valence-electron chi connectivity index (χ3n) is 6.14. The molecule has 0 spiro atoms. The molecule has 0 aliphatic carbocycles. The van der Waals surface area contributed by atoms with Gasteiger partial charge in [0.05, 0.1) is 12.7 Å². The normalized spacial score (nSPS) is 13.4. The monoisotopic (exact) mass is 509 g/mol. The first-order chi connectivity index (χ1) is 17.7. The van der Waals surface area contributed by atoms with E-state index in [1.807, 2.05) is 0 Å². The molecule has 0 radical (unpaired) electrons. The number of carbonyl (C=O) groups is 4. The lowest BCUT2D eigenvalue weighted by Crippen LogP contribution is -2.54. The molecule has 0 bridgehead atoms. The average Bonchev–Trinajstić information content (AvgIpc) is 2.93. The minimum Gasteiger partial charge on any atom is -0.505 e. The van der Waals surface area contributed by atoms with Crippen molar-refractivity contribution < 1.29 is 33.4 Å². The number of piperazine rings is 1. The Balaban J connectivity index is 1.69. The number of hydrogen-bond acceptors (Lipinski definition) is 8. The first-order valence-electron chi connectivity index (χ1n) is 11.3. The van der Waals surface area contributed by atoms with Gasteiger partial charge >= 0.3 is 17.8 Å². The van der Waals surface area contributed by atoms with E-state index < -0.39 is 29.4 Å². The van der Waals surface area contributed by atoms with Crippen LogP contribution in [-0.2, 0) is 20.7 Å². The Morgan fingerprint density at radius 3 is 2.30 bits per heavy atom. The van der Waals surface area contributed by atoms with E-state index in [9.17, 15) is 28.7 Å². The molecule has 37 heavy (non-hydrogen) atoms. The first-order valence-corrected chi connectivity index (χ1v) is 11.3. The smallest absolute Gasteiger partial charge is 0.341 e. The number of aromatic nitrogens is 1. The molecule has 2 heterocycles. The van der Waals surface area contributed by atoms with Crippen LogP contribution in [0.1, 0.15) is 31.8 Å². The van der Waals surface area contributed by atoms with E-state index in [0.29, 0.717) is 17.4 Å². The van der Waals surface area contributed by atoms with Gasteiger partial charge in [0.15, 0.2) is 5.75 Å². The summed E-state index contributed by atoms with van der Waals surface area (Å²) in [4.78, 5) is 56.6. The number of pyridine rings is 1. The van der Waals surface area contributed by atoms with Gasteiger partial charge in [-0.1, -0.05) is 12.1 Å². The number of hydrogen-bond donors (Lipinski definition) is 3. The summed E-state index contributed by atoms with van der Waals surface area (Å²) in [6.07, 6.45) is 1.90. The number of halogens is 1. The number of carbonyl (C=O) groups excluding carboxylic acids is 4. The van der Waals surface area contributed by atoms with Crippen molar-refractivity contribution in [1.82, 2.24) is 20.2 Å². The molecule has 1 aromatic heterocycles. The maximum Gasteiger partial charge on any atom is 0.341 e. The van der Waals surface area contributed by atoms with Gasteiger partial charge in [0.2, 0.25) is 0 Å². The van der Waals surface area contributed by atoms with E-state index in [-0.39, 0.29) is 48.6 Å². The third-order valence-corrected chi connectivity index (χ3v) is 6.14. The molecule has 11 nitrogen and oxygen atoms in total. The van der Waals surface area contributed by atoms with E-state index in [4.69, 9.17) is 10.6 Å². The maximum atomic E-state index is 13.6. The summed E-state index contributed by atoms with van der Waals surface area (Å²) < 4.78 is 18.0. The summed E-state index contributed by atoms with van der Waals surface area (Å²) in [5, 5.41) is 11.0. The van der Waals surface area contributed by atoms with Crippen molar-refractivity contribution in [3.8, 4) is 5.75 Å². The van der Waals surface area contributed by atoms with Crippen LogP contribution in [0.2, 0.25) is 0 Å². The van der Waals surface area contributed by atoms with Gasteiger partial charge in [0.1, 0.15) is 16.9 Å². The molecule has 0 atom stereocenters. The number of nitrogens with two attached hydrogens (primary N) is 1. The van der Waals surface area contributed by atoms with E-state index in [1.54, 1.807) is 23.6 Å². The Morgan fingerprint density at radius 1 is 1.03 bits per heavy atom. The number of fused-ring (bicyclic) bond motifs is 1. The summed E-state index contributed by atoms with van der Waals surface area (Å²) in [6, 6.07) is 8.90. The molecular formula is C25H24FN5O6. The average molecular weight is 509 g/mol. The Kier molecular flexibility index (Phi) is 7.30. The number of aromatic hydroxyl groups is 1. The van der Waals surface area contributed by atoms with Gasteiger partial charge in [0.25, 0.3) is 5.91 Å². The predicted octanol–water partition coefficient (Wildman–Crippen LogP) is 0.731. The summed E-state index contributed by atoms with van der Waals surface area (Å²) in [6.45, 7) is 0.458. The van der Waals surface area contributed by atoms with E-state index in [2.05, 4.69) is 4.98 Å². The highest BCUT2D eigenvalue weighted by Gasteiger charge is 2.30. The van der Waals surface area contributed by atoms with Crippen molar-refractivity contribution in [1.29, 1.82) is 0 Å². The number of benzene rings is 2. The van der Waals surface area contributed by atoms with Gasteiger partial charge in [-0.05, 0) is 41.8 Å². The van der Waals surface area contributed by atoms with Crippen LogP contribution in [-0.4, -0.2) is 76.9 Å². The number of rotatable bonds is 4. The largest absolute Gasteiger partial charge is 0.505 e. The minimum absolute atomic E-state index is 0.0440. The maximum absolute atomic E-state index is 13.6. The number of hydrazine groups is 1. The Bertz CT molecular complexity index is 1390. The second-order valence-electron chi connectivity index (χ2n) is 8.41. The van der Waals surface area contributed by atoms with Gasteiger partial charge in [-0.2, -0.15) is 0 Å². The van der Waals surface area contributed by atoms with Crippen LogP contribution >= 0.6 is 0 Å². The summed E-state index contributed by atoms with van der Waals surface area (Å²) in [5.74, 6) is 1.20. The zero-order valence-electron chi connectivity index (χ0n) is 19.9. The Hall–Kier alpha value is -4.58. The van der Waals surface area contributed by atoms with Gasteiger partial charge in [0, 0.05) is 37.8 Å². The summed E-state index contributed by atoms with van der Waals surface area (Å²) in [5.41, 5.74) is 3.24. The van der Waals surface area contributed by atoms with Crippen molar-refractivity contribution in [3.05, 3.63) is 70.7 Å². The molecule has 1 aliphatic heterocycles. The van der Waals surface area contributed by atoms with Gasteiger partial charge in [-0.25, -0.2) is 15.0 Å². The van der Waals surface area contributed by atoms with E-state index >= 15 is 0 Å². The van der Waals surface area contributed by atoms with Crippen LogP contribution in [0, 0.1) is 5.82 Å². The fourth-order valence-electron chi connectivity index (χ4n) is 4.19. The molecule has 0 unspecified atom stereocenters. The van der Waals surface area contributed by atoms with Gasteiger partial charge in [-0.3, -0.25) is 24.8 Å². The van der Waals surface area contributed by atoms with Gasteiger partial charge < -0.3 is 19.6 Å². The molecule has 192 valence electrons. The zero-order chi connectivity index (χ0) is 26.7. The summed E-state index contributed by atoms with van der Waals surface area (Å²) >= 11 is 0. The van der Waals surface area contributed by atoms with Crippen LogP contribution in [0.4, 0.5) is 4.39 Å². The topological polar surface area (TPSA) is 155 Å². The van der Waals surface area contributed by atoms with E-state index in [1.165, 1.54) is 34.2 Å². The van der Waals surface area contributed by atoms with Crippen molar-refractivity contribution in [3.63, 3.8) is 0 Å².